The van der Waals surface area contributed by atoms with E-state index in [1.807, 2.05) is 51.0 Å². The summed E-state index contributed by atoms with van der Waals surface area (Å²) in [4.78, 5) is 22.4. The fourth-order valence-corrected chi connectivity index (χ4v) is 1.88. The summed E-state index contributed by atoms with van der Waals surface area (Å²) in [6.45, 7) is 3.75. The molecule has 0 fully saturated rings. The van der Waals surface area contributed by atoms with Crippen LogP contribution in [0.2, 0.25) is 0 Å². The molecule has 6 heteroatoms. The van der Waals surface area contributed by atoms with Crippen LogP contribution < -0.4 is 15.8 Å². The molecule has 0 saturated heterocycles. The van der Waals surface area contributed by atoms with Crippen LogP contribution in [0.1, 0.15) is 21.7 Å². The summed E-state index contributed by atoms with van der Waals surface area (Å²) in [5, 5.41) is 0. The molecule has 110 valence electrons. The van der Waals surface area contributed by atoms with Crippen LogP contribution in [0.15, 0.2) is 30.3 Å². The van der Waals surface area contributed by atoms with Crippen molar-refractivity contribution < 1.29 is 4.79 Å². The molecule has 0 bridgehead atoms. The molecule has 1 amide bonds. The molecule has 21 heavy (non-hydrogen) atoms. The fourth-order valence-electron chi connectivity index (χ4n) is 1.88. The molecule has 1 aromatic heterocycles. The Kier molecular flexibility index (Phi) is 4.37. The average Bonchev–Trinajstić information content (AvgIpc) is 2.44. The minimum absolute atomic E-state index is 0.233. The van der Waals surface area contributed by atoms with Gasteiger partial charge in [0.1, 0.15) is 0 Å². The van der Waals surface area contributed by atoms with Crippen molar-refractivity contribution in [2.45, 2.75) is 13.8 Å². The molecule has 2 rings (SSSR count). The van der Waals surface area contributed by atoms with E-state index in [1.54, 1.807) is 12.1 Å². The minimum Gasteiger partial charge on any atom is -0.378 e. The van der Waals surface area contributed by atoms with Gasteiger partial charge in [0.2, 0.25) is 5.95 Å². The van der Waals surface area contributed by atoms with Crippen molar-refractivity contribution in [1.29, 1.82) is 0 Å². The van der Waals surface area contributed by atoms with E-state index in [9.17, 15) is 4.79 Å². The molecular weight excluding hydrogens is 266 g/mol. The number of hydrazine groups is 1. The first-order chi connectivity index (χ1) is 9.95. The number of nitrogens with one attached hydrogen (secondary N) is 2. The molecule has 1 heterocycles. The second kappa shape index (κ2) is 6.21. The summed E-state index contributed by atoms with van der Waals surface area (Å²) < 4.78 is 0. The van der Waals surface area contributed by atoms with E-state index in [1.165, 1.54) is 0 Å². The van der Waals surface area contributed by atoms with Crippen molar-refractivity contribution in [3.8, 4) is 0 Å². The predicted octanol–water partition coefficient (Wildman–Crippen LogP) is 1.92. The number of benzene rings is 1. The normalized spacial score (nSPS) is 10.1. The van der Waals surface area contributed by atoms with Gasteiger partial charge in [-0.3, -0.25) is 15.6 Å². The van der Waals surface area contributed by atoms with E-state index in [4.69, 9.17) is 0 Å². The van der Waals surface area contributed by atoms with E-state index >= 15 is 0 Å². The summed E-state index contributed by atoms with van der Waals surface area (Å²) in [6.07, 6.45) is 0. The number of aryl methyl sites for hydroxylation is 2. The summed E-state index contributed by atoms with van der Waals surface area (Å²) in [6, 6.07) is 9.20. The van der Waals surface area contributed by atoms with Crippen LogP contribution in [-0.2, 0) is 0 Å². The van der Waals surface area contributed by atoms with Crippen LogP contribution >= 0.6 is 0 Å². The third-order valence-corrected chi connectivity index (χ3v) is 2.92. The quantitative estimate of drug-likeness (QED) is 0.840. The van der Waals surface area contributed by atoms with E-state index in [0.29, 0.717) is 11.5 Å². The van der Waals surface area contributed by atoms with Gasteiger partial charge in [-0.05, 0) is 44.2 Å². The molecule has 1 aromatic carbocycles. The fraction of sp³-hybridized carbons (Fsp3) is 0.267. The lowest BCUT2D eigenvalue weighted by molar-refractivity contribution is 0.0962. The van der Waals surface area contributed by atoms with E-state index < -0.39 is 0 Å². The highest BCUT2D eigenvalue weighted by atomic mass is 16.2. The van der Waals surface area contributed by atoms with Gasteiger partial charge in [-0.25, -0.2) is 9.97 Å². The van der Waals surface area contributed by atoms with Crippen LogP contribution in [0.25, 0.3) is 0 Å². The second-order valence-corrected chi connectivity index (χ2v) is 4.99. The van der Waals surface area contributed by atoms with Crippen LogP contribution in [-0.4, -0.2) is 30.0 Å². The summed E-state index contributed by atoms with van der Waals surface area (Å²) >= 11 is 0. The number of aromatic nitrogens is 2. The number of rotatable bonds is 4. The molecule has 0 saturated carbocycles. The number of amides is 1. The molecular formula is C15H19N5O. The Hall–Kier alpha value is -2.63. The van der Waals surface area contributed by atoms with Gasteiger partial charge in [0.05, 0.1) is 0 Å². The number of nitrogens with zero attached hydrogens (tertiary/aromatic N) is 3. The molecule has 2 N–H and O–H groups in total. The molecule has 0 radical (unpaired) electrons. The SMILES string of the molecule is Cc1cc(C)nc(NNC(=O)c2ccc(N(C)C)cc2)n1. The maximum absolute atomic E-state index is 12.0. The zero-order chi connectivity index (χ0) is 15.4. The minimum atomic E-state index is -0.233. The van der Waals surface area contributed by atoms with Crippen LogP contribution in [0.3, 0.4) is 0 Å². The van der Waals surface area contributed by atoms with Crippen molar-refractivity contribution in [2.24, 2.45) is 0 Å². The lowest BCUT2D eigenvalue weighted by Crippen LogP contribution is -2.30. The second-order valence-electron chi connectivity index (χ2n) is 4.99. The monoisotopic (exact) mass is 285 g/mol. The number of carbonyl (C=O) groups is 1. The highest BCUT2D eigenvalue weighted by Gasteiger charge is 2.06. The van der Waals surface area contributed by atoms with Gasteiger partial charge in [-0.2, -0.15) is 0 Å². The molecule has 0 aliphatic carbocycles. The maximum Gasteiger partial charge on any atom is 0.269 e. The first kappa shape index (κ1) is 14.8. The Morgan fingerprint density at radius 3 is 2.14 bits per heavy atom. The number of hydrogen-bond acceptors (Lipinski definition) is 5. The third-order valence-electron chi connectivity index (χ3n) is 2.92. The first-order valence-electron chi connectivity index (χ1n) is 6.62. The Labute approximate surface area is 124 Å². The molecule has 2 aromatic rings. The van der Waals surface area contributed by atoms with Crippen molar-refractivity contribution >= 4 is 17.5 Å². The zero-order valence-corrected chi connectivity index (χ0v) is 12.6. The smallest absolute Gasteiger partial charge is 0.269 e. The largest absolute Gasteiger partial charge is 0.378 e. The van der Waals surface area contributed by atoms with Crippen LogP contribution in [0.4, 0.5) is 11.6 Å². The van der Waals surface area contributed by atoms with Gasteiger partial charge < -0.3 is 4.90 Å². The van der Waals surface area contributed by atoms with Gasteiger partial charge in [0, 0.05) is 36.7 Å². The molecule has 0 unspecified atom stereocenters. The maximum atomic E-state index is 12.0. The van der Waals surface area contributed by atoms with Gasteiger partial charge in [0.15, 0.2) is 0 Å². The van der Waals surface area contributed by atoms with Crippen LogP contribution in [0, 0.1) is 13.8 Å². The van der Waals surface area contributed by atoms with Gasteiger partial charge >= 0.3 is 0 Å². The Bertz CT molecular complexity index is 617. The highest BCUT2D eigenvalue weighted by molar-refractivity contribution is 5.95. The topological polar surface area (TPSA) is 70.2 Å². The summed E-state index contributed by atoms with van der Waals surface area (Å²) in [5.41, 5.74) is 8.61. The standard InChI is InChI=1S/C15H19N5O/c1-10-9-11(2)17-15(16-10)19-18-14(21)12-5-7-13(8-6-12)20(3)4/h5-9H,1-4H3,(H,18,21)(H,16,17,19). The Morgan fingerprint density at radius 2 is 1.62 bits per heavy atom. The average molecular weight is 285 g/mol. The van der Waals surface area contributed by atoms with Crippen molar-refractivity contribution in [3.05, 3.63) is 47.3 Å². The lowest BCUT2D eigenvalue weighted by atomic mass is 10.2. The van der Waals surface area contributed by atoms with Crippen LogP contribution in [0.5, 0.6) is 0 Å². The molecule has 6 nitrogen and oxygen atoms in total. The molecule has 0 spiro atoms. The third kappa shape index (κ3) is 3.92. The molecule has 0 atom stereocenters. The molecule has 0 aliphatic heterocycles. The number of hydrogen-bond donors (Lipinski definition) is 2. The van der Waals surface area contributed by atoms with E-state index in [0.717, 1.165) is 17.1 Å². The van der Waals surface area contributed by atoms with E-state index in [-0.39, 0.29) is 5.91 Å². The lowest BCUT2D eigenvalue weighted by Gasteiger charge is -2.13. The first-order valence-corrected chi connectivity index (χ1v) is 6.62. The Morgan fingerprint density at radius 1 is 1.05 bits per heavy atom. The highest BCUT2D eigenvalue weighted by Crippen LogP contribution is 2.12. The van der Waals surface area contributed by atoms with Crippen molar-refractivity contribution in [3.63, 3.8) is 0 Å². The van der Waals surface area contributed by atoms with Crippen molar-refractivity contribution in [1.82, 2.24) is 15.4 Å². The number of carbonyl (C=O) groups excluding carboxylic acids is 1. The molecule has 0 aliphatic rings. The zero-order valence-electron chi connectivity index (χ0n) is 12.6. The predicted molar refractivity (Wildman–Crippen MR) is 83.4 cm³/mol. The van der Waals surface area contributed by atoms with Gasteiger partial charge in [-0.1, -0.05) is 0 Å². The Balaban J connectivity index is 2.01. The number of anilines is 2. The van der Waals surface area contributed by atoms with Crippen molar-refractivity contribution in [2.75, 3.05) is 24.4 Å². The summed E-state index contributed by atoms with van der Waals surface area (Å²) in [7, 11) is 3.90. The summed E-state index contributed by atoms with van der Waals surface area (Å²) in [5.74, 6) is 0.147. The van der Waals surface area contributed by atoms with Gasteiger partial charge in [-0.15, -0.1) is 0 Å². The van der Waals surface area contributed by atoms with E-state index in [2.05, 4.69) is 20.8 Å². The van der Waals surface area contributed by atoms with Gasteiger partial charge in [0.25, 0.3) is 5.91 Å².